The van der Waals surface area contributed by atoms with Crippen LogP contribution in [0.3, 0.4) is 0 Å². The van der Waals surface area contributed by atoms with Gasteiger partial charge in [0.2, 0.25) is 0 Å². The summed E-state index contributed by atoms with van der Waals surface area (Å²) in [6.07, 6.45) is -0.101. The topological polar surface area (TPSA) is 49.7 Å². The van der Waals surface area contributed by atoms with E-state index in [2.05, 4.69) is 0 Å². The van der Waals surface area contributed by atoms with Crippen LogP contribution in [0.1, 0.15) is 24.5 Å². The number of aliphatic hydroxyl groups excluding tert-OH is 2. The third-order valence-electron chi connectivity index (χ3n) is 2.98. The molecule has 0 radical (unpaired) electrons. The molecule has 0 heterocycles. The molecule has 0 saturated heterocycles. The Morgan fingerprint density at radius 2 is 2.11 bits per heavy atom. The molecule has 1 aromatic rings. The minimum atomic E-state index is -1.24. The van der Waals surface area contributed by atoms with E-state index in [1.54, 1.807) is 0 Å². The average molecular weight is 275 g/mol. The van der Waals surface area contributed by atoms with E-state index >= 15 is 0 Å². The molecule has 0 aliphatic heterocycles. The summed E-state index contributed by atoms with van der Waals surface area (Å²) in [5.74, 6) is 0.349. The Labute approximate surface area is 110 Å². The maximum absolute atomic E-state index is 13.2. The van der Waals surface area contributed by atoms with Gasteiger partial charge < -0.3 is 14.9 Å². The van der Waals surface area contributed by atoms with Gasteiger partial charge in [0.05, 0.1) is 18.6 Å². The molecule has 0 spiro atoms. The quantitative estimate of drug-likeness (QED) is 0.782. The molecule has 100 valence electrons. The number of hydrogen-bond acceptors (Lipinski definition) is 3. The van der Waals surface area contributed by atoms with E-state index in [9.17, 15) is 14.6 Å². The van der Waals surface area contributed by atoms with Gasteiger partial charge in [0.1, 0.15) is 17.7 Å². The Kier molecular flexibility index (Phi) is 4.43. The SMILES string of the molecule is OC(CCl)C(O)c1cc(F)ccc1OCC1CC1. The fourth-order valence-corrected chi connectivity index (χ4v) is 1.83. The Morgan fingerprint density at radius 3 is 2.72 bits per heavy atom. The normalized spacial score (nSPS) is 18.4. The summed E-state index contributed by atoms with van der Waals surface area (Å²) in [4.78, 5) is 0. The summed E-state index contributed by atoms with van der Waals surface area (Å²) < 4.78 is 18.8. The second kappa shape index (κ2) is 5.87. The van der Waals surface area contributed by atoms with Gasteiger partial charge in [-0.05, 0) is 37.0 Å². The minimum Gasteiger partial charge on any atom is -0.493 e. The number of alkyl halides is 1. The smallest absolute Gasteiger partial charge is 0.125 e. The van der Waals surface area contributed by atoms with Crippen molar-refractivity contribution in [1.29, 1.82) is 0 Å². The number of rotatable bonds is 6. The first-order valence-electron chi connectivity index (χ1n) is 5.96. The monoisotopic (exact) mass is 274 g/mol. The second-order valence-corrected chi connectivity index (χ2v) is 4.91. The standard InChI is InChI=1S/C13H16ClFO3/c14-6-11(16)13(17)10-5-9(15)3-4-12(10)18-7-8-1-2-8/h3-5,8,11,13,16-17H,1-2,6-7H2. The van der Waals surface area contributed by atoms with Crippen LogP contribution in [-0.2, 0) is 0 Å². The van der Waals surface area contributed by atoms with Gasteiger partial charge >= 0.3 is 0 Å². The Hall–Kier alpha value is -0.840. The van der Waals surface area contributed by atoms with Crippen LogP contribution in [-0.4, -0.2) is 28.8 Å². The van der Waals surface area contributed by atoms with Crippen molar-refractivity contribution in [2.45, 2.75) is 25.0 Å². The highest BCUT2D eigenvalue weighted by molar-refractivity contribution is 6.18. The van der Waals surface area contributed by atoms with E-state index in [1.165, 1.54) is 18.2 Å². The fraction of sp³-hybridized carbons (Fsp3) is 0.538. The molecule has 0 aromatic heterocycles. The molecule has 2 rings (SSSR count). The first kappa shape index (κ1) is 13.6. The number of benzene rings is 1. The highest BCUT2D eigenvalue weighted by Gasteiger charge is 2.25. The third kappa shape index (κ3) is 3.34. The lowest BCUT2D eigenvalue weighted by Gasteiger charge is -2.19. The van der Waals surface area contributed by atoms with Crippen LogP contribution in [0.5, 0.6) is 5.75 Å². The van der Waals surface area contributed by atoms with E-state index in [4.69, 9.17) is 16.3 Å². The van der Waals surface area contributed by atoms with Crippen LogP contribution < -0.4 is 4.74 Å². The molecule has 1 fully saturated rings. The number of aliphatic hydroxyl groups is 2. The van der Waals surface area contributed by atoms with Crippen molar-refractivity contribution < 1.29 is 19.3 Å². The highest BCUT2D eigenvalue weighted by Crippen LogP contribution is 2.33. The molecule has 1 saturated carbocycles. The van der Waals surface area contributed by atoms with Crippen LogP contribution in [0, 0.1) is 11.7 Å². The minimum absolute atomic E-state index is 0.125. The zero-order valence-electron chi connectivity index (χ0n) is 9.85. The molecule has 1 aromatic carbocycles. The first-order chi connectivity index (χ1) is 8.61. The Balaban J connectivity index is 2.15. The molecular weight excluding hydrogens is 259 g/mol. The summed E-state index contributed by atoms with van der Waals surface area (Å²) in [6.45, 7) is 0.558. The molecule has 0 amide bonds. The van der Waals surface area contributed by atoms with Gasteiger partial charge in [-0.2, -0.15) is 0 Å². The maximum atomic E-state index is 13.2. The van der Waals surface area contributed by atoms with E-state index in [0.717, 1.165) is 12.8 Å². The van der Waals surface area contributed by atoms with E-state index in [-0.39, 0.29) is 11.4 Å². The van der Waals surface area contributed by atoms with Gasteiger partial charge in [0, 0.05) is 5.56 Å². The summed E-state index contributed by atoms with van der Waals surface area (Å²) in [7, 11) is 0. The summed E-state index contributed by atoms with van der Waals surface area (Å²) >= 11 is 5.48. The largest absolute Gasteiger partial charge is 0.493 e. The van der Waals surface area contributed by atoms with E-state index < -0.39 is 18.0 Å². The molecule has 2 atom stereocenters. The highest BCUT2D eigenvalue weighted by atomic mass is 35.5. The van der Waals surface area contributed by atoms with Crippen LogP contribution >= 0.6 is 11.6 Å². The lowest BCUT2D eigenvalue weighted by Crippen LogP contribution is -2.20. The van der Waals surface area contributed by atoms with Crippen LogP contribution in [0.2, 0.25) is 0 Å². The van der Waals surface area contributed by atoms with Crippen molar-refractivity contribution in [2.75, 3.05) is 12.5 Å². The van der Waals surface area contributed by atoms with Crippen LogP contribution in [0.25, 0.3) is 0 Å². The molecule has 3 nitrogen and oxygen atoms in total. The Bertz CT molecular complexity index is 409. The predicted molar refractivity (Wildman–Crippen MR) is 66.3 cm³/mol. The maximum Gasteiger partial charge on any atom is 0.125 e. The van der Waals surface area contributed by atoms with Crippen LogP contribution in [0.15, 0.2) is 18.2 Å². The molecule has 5 heteroatoms. The zero-order valence-corrected chi connectivity index (χ0v) is 10.6. The summed E-state index contributed by atoms with van der Waals surface area (Å²) in [6, 6.07) is 3.91. The van der Waals surface area contributed by atoms with Gasteiger partial charge in [-0.15, -0.1) is 11.6 Å². The molecule has 2 unspecified atom stereocenters. The van der Waals surface area contributed by atoms with Crippen molar-refractivity contribution in [2.24, 2.45) is 5.92 Å². The van der Waals surface area contributed by atoms with Crippen molar-refractivity contribution in [1.82, 2.24) is 0 Å². The lowest BCUT2D eigenvalue weighted by atomic mass is 10.0. The van der Waals surface area contributed by atoms with Crippen molar-refractivity contribution >= 4 is 11.6 Å². The van der Waals surface area contributed by atoms with Gasteiger partial charge in [-0.25, -0.2) is 4.39 Å². The van der Waals surface area contributed by atoms with Gasteiger partial charge in [-0.1, -0.05) is 0 Å². The summed E-state index contributed by atoms with van der Waals surface area (Å²) in [5, 5.41) is 19.4. The van der Waals surface area contributed by atoms with E-state index in [1.807, 2.05) is 0 Å². The van der Waals surface area contributed by atoms with Gasteiger partial charge in [0.15, 0.2) is 0 Å². The summed E-state index contributed by atoms with van der Waals surface area (Å²) in [5.41, 5.74) is 0.240. The van der Waals surface area contributed by atoms with Crippen molar-refractivity contribution in [3.05, 3.63) is 29.6 Å². The Morgan fingerprint density at radius 1 is 1.39 bits per heavy atom. The number of ether oxygens (including phenoxy) is 1. The molecule has 2 N–H and O–H groups in total. The number of halogens is 2. The third-order valence-corrected chi connectivity index (χ3v) is 3.30. The molecule has 1 aliphatic carbocycles. The first-order valence-corrected chi connectivity index (χ1v) is 6.49. The second-order valence-electron chi connectivity index (χ2n) is 4.60. The van der Waals surface area contributed by atoms with Crippen LogP contribution in [0.4, 0.5) is 4.39 Å². The molecule has 1 aliphatic rings. The van der Waals surface area contributed by atoms with E-state index in [0.29, 0.717) is 18.3 Å². The van der Waals surface area contributed by atoms with Crippen molar-refractivity contribution in [3.8, 4) is 5.75 Å². The lowest BCUT2D eigenvalue weighted by molar-refractivity contribution is 0.0305. The van der Waals surface area contributed by atoms with Gasteiger partial charge in [-0.3, -0.25) is 0 Å². The zero-order chi connectivity index (χ0) is 13.1. The van der Waals surface area contributed by atoms with Gasteiger partial charge in [0.25, 0.3) is 0 Å². The number of hydrogen-bond donors (Lipinski definition) is 2. The molecule has 18 heavy (non-hydrogen) atoms. The fourth-order valence-electron chi connectivity index (χ4n) is 1.67. The average Bonchev–Trinajstić information content (AvgIpc) is 3.19. The molecule has 0 bridgehead atoms. The molecular formula is C13H16ClFO3. The predicted octanol–water partition coefficient (Wildman–Crippen LogP) is 2.25. The van der Waals surface area contributed by atoms with Crippen molar-refractivity contribution in [3.63, 3.8) is 0 Å².